The van der Waals surface area contributed by atoms with Crippen LogP contribution in [0.1, 0.15) is 35.8 Å². The van der Waals surface area contributed by atoms with Gasteiger partial charge < -0.3 is 9.84 Å². The Morgan fingerprint density at radius 1 is 1.25 bits per heavy atom. The Morgan fingerprint density at radius 2 is 2.04 bits per heavy atom. The summed E-state index contributed by atoms with van der Waals surface area (Å²) >= 11 is 1.29. The minimum Gasteiger partial charge on any atom is -0.349 e. The van der Waals surface area contributed by atoms with E-state index in [1.807, 2.05) is 24.3 Å². The number of carbonyl (C=O) groups excluding carboxylic acids is 2. The predicted molar refractivity (Wildman–Crippen MR) is 107 cm³/mol. The van der Waals surface area contributed by atoms with Crippen LogP contribution in [0.2, 0.25) is 0 Å². The molecule has 7 nitrogen and oxygen atoms in total. The maximum Gasteiger partial charge on any atom is 0.252 e. The van der Waals surface area contributed by atoms with Crippen molar-refractivity contribution in [2.75, 3.05) is 5.32 Å². The number of benzene rings is 1. The third-order valence-electron chi connectivity index (χ3n) is 4.39. The number of para-hydroxylation sites is 1. The van der Waals surface area contributed by atoms with E-state index in [-0.39, 0.29) is 17.9 Å². The molecule has 0 spiro atoms. The minimum atomic E-state index is -0.432. The average molecular weight is 396 g/mol. The lowest BCUT2D eigenvalue weighted by molar-refractivity contribution is -0.115. The summed E-state index contributed by atoms with van der Waals surface area (Å²) in [6.45, 7) is 3.56. The first kappa shape index (κ1) is 18.5. The Balaban J connectivity index is 1.55. The predicted octanol–water partition coefficient (Wildman–Crippen LogP) is 3.54. The normalized spacial score (nSPS) is 14.6. The summed E-state index contributed by atoms with van der Waals surface area (Å²) < 4.78 is 5.03. The second-order valence-corrected chi connectivity index (χ2v) is 8.22. The number of thioether (sulfide) groups is 1. The molecule has 2 heterocycles. The highest BCUT2D eigenvalue weighted by Gasteiger charge is 2.25. The van der Waals surface area contributed by atoms with Gasteiger partial charge in [-0.05, 0) is 38.8 Å². The molecule has 2 aromatic heterocycles. The maximum absolute atomic E-state index is 12.7. The van der Waals surface area contributed by atoms with Gasteiger partial charge in [0.1, 0.15) is 0 Å². The van der Waals surface area contributed by atoms with Gasteiger partial charge in [0.2, 0.25) is 11.8 Å². The number of aromatic nitrogens is 2. The molecule has 4 rings (SSSR count). The van der Waals surface area contributed by atoms with Gasteiger partial charge in [0.05, 0.1) is 27.0 Å². The Morgan fingerprint density at radius 3 is 2.75 bits per heavy atom. The van der Waals surface area contributed by atoms with Crippen LogP contribution in [-0.2, 0) is 4.79 Å². The molecule has 1 unspecified atom stereocenters. The quantitative estimate of drug-likeness (QED) is 0.619. The van der Waals surface area contributed by atoms with Crippen LogP contribution in [0.25, 0.3) is 10.9 Å². The molecule has 2 amide bonds. The third-order valence-corrected chi connectivity index (χ3v) is 5.41. The number of pyridine rings is 1. The lowest BCUT2D eigenvalue weighted by atomic mass is 10.1. The summed E-state index contributed by atoms with van der Waals surface area (Å²) in [7, 11) is 0. The van der Waals surface area contributed by atoms with Crippen molar-refractivity contribution in [3.8, 4) is 0 Å². The minimum absolute atomic E-state index is 0.0998. The van der Waals surface area contributed by atoms with Gasteiger partial charge >= 0.3 is 0 Å². The molecule has 1 aliphatic rings. The van der Waals surface area contributed by atoms with Gasteiger partial charge in [0, 0.05) is 17.5 Å². The first-order chi connectivity index (χ1) is 13.5. The Bertz CT molecular complexity index is 1040. The molecule has 3 aromatic rings. The largest absolute Gasteiger partial charge is 0.349 e. The van der Waals surface area contributed by atoms with Crippen molar-refractivity contribution in [2.45, 2.75) is 43.0 Å². The van der Waals surface area contributed by atoms with Crippen LogP contribution in [0.4, 0.5) is 5.88 Å². The first-order valence-electron chi connectivity index (χ1n) is 9.11. The summed E-state index contributed by atoms with van der Waals surface area (Å²) in [5.41, 5.74) is 2.00. The Labute approximate surface area is 166 Å². The van der Waals surface area contributed by atoms with Gasteiger partial charge in [-0.15, -0.1) is 0 Å². The van der Waals surface area contributed by atoms with Gasteiger partial charge in [0.25, 0.3) is 5.91 Å². The van der Waals surface area contributed by atoms with Gasteiger partial charge in [0.15, 0.2) is 0 Å². The van der Waals surface area contributed by atoms with Crippen LogP contribution >= 0.6 is 11.8 Å². The highest BCUT2D eigenvalue weighted by Crippen LogP contribution is 2.28. The fourth-order valence-corrected chi connectivity index (χ4v) is 3.64. The number of fused-ring (bicyclic) bond motifs is 1. The van der Waals surface area contributed by atoms with Crippen LogP contribution in [0, 0.1) is 6.92 Å². The topological polar surface area (TPSA) is 97.1 Å². The van der Waals surface area contributed by atoms with Gasteiger partial charge in [-0.3, -0.25) is 14.9 Å². The summed E-state index contributed by atoms with van der Waals surface area (Å²) in [6, 6.07) is 11.2. The molecule has 1 fully saturated rings. The maximum atomic E-state index is 12.7. The fourth-order valence-electron chi connectivity index (χ4n) is 2.77. The van der Waals surface area contributed by atoms with E-state index < -0.39 is 5.25 Å². The Kier molecular flexibility index (Phi) is 5.04. The van der Waals surface area contributed by atoms with Gasteiger partial charge in [-0.25, -0.2) is 4.98 Å². The molecule has 8 heteroatoms. The van der Waals surface area contributed by atoms with Crippen molar-refractivity contribution < 1.29 is 14.1 Å². The molecule has 1 aromatic carbocycles. The fraction of sp³-hybridized carbons (Fsp3) is 0.300. The lowest BCUT2D eigenvalue weighted by Gasteiger charge is -2.13. The SMILES string of the molecule is Cc1cc(NC(=O)C(C)Sc2cc(C(=O)NC3CC3)c3ccccc3n2)on1. The first-order valence-corrected chi connectivity index (χ1v) is 9.99. The molecule has 1 atom stereocenters. The second kappa shape index (κ2) is 7.63. The second-order valence-electron chi connectivity index (χ2n) is 6.85. The summed E-state index contributed by atoms with van der Waals surface area (Å²) in [5, 5.41) is 10.5. The van der Waals surface area contributed by atoms with E-state index in [1.165, 1.54) is 11.8 Å². The molecule has 0 aliphatic heterocycles. The van der Waals surface area contributed by atoms with E-state index in [4.69, 9.17) is 4.52 Å². The van der Waals surface area contributed by atoms with E-state index in [2.05, 4.69) is 20.8 Å². The molecule has 2 N–H and O–H groups in total. The third kappa shape index (κ3) is 4.17. The van der Waals surface area contributed by atoms with E-state index >= 15 is 0 Å². The molecular weight excluding hydrogens is 376 g/mol. The zero-order chi connectivity index (χ0) is 19.7. The molecule has 1 saturated carbocycles. The number of hydrogen-bond acceptors (Lipinski definition) is 6. The summed E-state index contributed by atoms with van der Waals surface area (Å²) in [5.74, 6) is -0.0109. The number of nitrogens with one attached hydrogen (secondary N) is 2. The van der Waals surface area contributed by atoms with E-state index in [0.717, 1.165) is 23.7 Å². The number of hydrogen-bond donors (Lipinski definition) is 2. The van der Waals surface area contributed by atoms with E-state index in [0.29, 0.717) is 22.2 Å². The van der Waals surface area contributed by atoms with Crippen molar-refractivity contribution >= 4 is 40.4 Å². The number of anilines is 1. The number of carbonyl (C=O) groups is 2. The van der Waals surface area contributed by atoms with E-state index in [1.54, 1.807) is 26.0 Å². The van der Waals surface area contributed by atoms with Crippen LogP contribution in [0.5, 0.6) is 0 Å². The highest BCUT2D eigenvalue weighted by molar-refractivity contribution is 8.00. The molecule has 0 radical (unpaired) electrons. The van der Waals surface area contributed by atoms with Crippen LogP contribution < -0.4 is 10.6 Å². The molecule has 28 heavy (non-hydrogen) atoms. The number of aryl methyl sites for hydroxylation is 1. The van der Waals surface area contributed by atoms with Crippen LogP contribution in [0.3, 0.4) is 0 Å². The monoisotopic (exact) mass is 396 g/mol. The molecule has 144 valence electrons. The van der Waals surface area contributed by atoms with Gasteiger partial charge in [-0.1, -0.05) is 35.1 Å². The van der Waals surface area contributed by atoms with Gasteiger partial charge in [-0.2, -0.15) is 0 Å². The molecule has 0 saturated heterocycles. The van der Waals surface area contributed by atoms with Crippen molar-refractivity contribution in [3.63, 3.8) is 0 Å². The smallest absolute Gasteiger partial charge is 0.252 e. The summed E-state index contributed by atoms with van der Waals surface area (Å²) in [4.78, 5) is 29.7. The number of nitrogens with zero attached hydrogens (tertiary/aromatic N) is 2. The van der Waals surface area contributed by atoms with Crippen LogP contribution in [0.15, 0.2) is 45.9 Å². The highest BCUT2D eigenvalue weighted by atomic mass is 32.2. The standard InChI is InChI=1S/C20H20N4O3S/c1-11-9-17(27-24-11)23-19(25)12(2)28-18-10-15(20(26)21-13-7-8-13)14-5-3-4-6-16(14)22-18/h3-6,9-10,12-13H,7-8H2,1-2H3,(H,21,26)(H,23,25). The number of amides is 2. The molecule has 1 aliphatic carbocycles. The Hall–Kier alpha value is -2.87. The van der Waals surface area contributed by atoms with Crippen molar-refractivity contribution in [1.82, 2.24) is 15.5 Å². The van der Waals surface area contributed by atoms with Crippen LogP contribution in [-0.4, -0.2) is 33.2 Å². The number of rotatable bonds is 6. The zero-order valence-electron chi connectivity index (χ0n) is 15.6. The molecular formula is C20H20N4O3S. The molecule has 0 bridgehead atoms. The lowest BCUT2D eigenvalue weighted by Crippen LogP contribution is -2.26. The van der Waals surface area contributed by atoms with E-state index in [9.17, 15) is 9.59 Å². The van der Waals surface area contributed by atoms with Crippen molar-refractivity contribution in [2.24, 2.45) is 0 Å². The average Bonchev–Trinajstić information content (AvgIpc) is 3.40. The summed E-state index contributed by atoms with van der Waals surface area (Å²) in [6.07, 6.45) is 2.04. The zero-order valence-corrected chi connectivity index (χ0v) is 16.4. The van der Waals surface area contributed by atoms with Crippen molar-refractivity contribution in [1.29, 1.82) is 0 Å². The van der Waals surface area contributed by atoms with Crippen molar-refractivity contribution in [3.05, 3.63) is 47.7 Å².